The van der Waals surface area contributed by atoms with Crippen molar-refractivity contribution in [2.24, 2.45) is 5.41 Å². The van der Waals surface area contributed by atoms with Crippen molar-refractivity contribution in [3.05, 3.63) is 16.5 Å². The molecule has 0 aliphatic heterocycles. The van der Waals surface area contributed by atoms with Gasteiger partial charge in [-0.2, -0.15) is 0 Å². The van der Waals surface area contributed by atoms with Crippen LogP contribution in [0.2, 0.25) is 5.22 Å². The molecule has 6 heteroatoms. The quantitative estimate of drug-likeness (QED) is 0.870. The number of aromatic nitrogens is 1. The largest absolute Gasteiger partial charge is 0.394 e. The number of carbonyl (C=O) groups excluding carboxylic acids is 1. The molecule has 1 heterocycles. The molecule has 0 saturated carbocycles. The summed E-state index contributed by atoms with van der Waals surface area (Å²) in [6.07, 6.45) is 0.806. The predicted molar refractivity (Wildman–Crippen MR) is 73.0 cm³/mol. The molecule has 1 rings (SSSR count). The Balaban J connectivity index is 2.59. The maximum absolute atomic E-state index is 11.9. The summed E-state index contributed by atoms with van der Waals surface area (Å²) in [7, 11) is 0. The zero-order chi connectivity index (χ0) is 14.6. The fraction of sp³-hybridized carbons (Fsp3) is 0.692. The number of carbonyl (C=O) groups is 1. The molecular weight excluding hydrogens is 268 g/mol. The van der Waals surface area contributed by atoms with E-state index in [9.17, 15) is 9.90 Å². The zero-order valence-electron chi connectivity index (χ0n) is 11.8. The Morgan fingerprint density at radius 2 is 2.16 bits per heavy atom. The van der Waals surface area contributed by atoms with Gasteiger partial charge in [-0.3, -0.25) is 4.79 Å². The van der Waals surface area contributed by atoms with E-state index < -0.39 is 0 Å². The van der Waals surface area contributed by atoms with Gasteiger partial charge in [-0.1, -0.05) is 25.9 Å². The highest BCUT2D eigenvalue weighted by atomic mass is 35.5. The Labute approximate surface area is 118 Å². The summed E-state index contributed by atoms with van der Waals surface area (Å²) >= 11 is 5.81. The Kier molecular flexibility index (Phi) is 5.38. The lowest BCUT2D eigenvalue weighted by atomic mass is 9.88. The second kappa shape index (κ2) is 6.39. The monoisotopic (exact) mass is 288 g/mol. The van der Waals surface area contributed by atoms with Gasteiger partial charge in [0, 0.05) is 5.56 Å². The van der Waals surface area contributed by atoms with E-state index in [1.54, 1.807) is 6.92 Å². The molecule has 2 N–H and O–H groups in total. The van der Waals surface area contributed by atoms with E-state index in [0.717, 1.165) is 0 Å². The van der Waals surface area contributed by atoms with Crippen LogP contribution in [0.5, 0.6) is 0 Å². The minimum atomic E-state index is -0.258. The lowest BCUT2D eigenvalue weighted by Gasteiger charge is -2.25. The summed E-state index contributed by atoms with van der Waals surface area (Å²) in [5, 5.41) is 15.9. The van der Waals surface area contributed by atoms with E-state index in [0.29, 0.717) is 17.7 Å². The molecule has 1 aromatic rings. The normalized spacial score (nSPS) is 13.4. The lowest BCUT2D eigenvalue weighted by molar-refractivity contribution is -0.121. The fourth-order valence-corrected chi connectivity index (χ4v) is 2.14. The summed E-state index contributed by atoms with van der Waals surface area (Å²) in [5.41, 5.74) is 1.23. The SMILES string of the molecule is Cc1noc(Cl)c1CC(=O)NC(CO)CC(C)(C)C. The maximum Gasteiger partial charge on any atom is 0.229 e. The van der Waals surface area contributed by atoms with Gasteiger partial charge in [0.05, 0.1) is 24.8 Å². The third kappa shape index (κ3) is 5.20. The number of amides is 1. The van der Waals surface area contributed by atoms with Crippen LogP contribution in [0.3, 0.4) is 0 Å². The van der Waals surface area contributed by atoms with Crippen molar-refractivity contribution in [3.63, 3.8) is 0 Å². The molecule has 1 unspecified atom stereocenters. The van der Waals surface area contributed by atoms with Gasteiger partial charge in [-0.15, -0.1) is 0 Å². The van der Waals surface area contributed by atoms with Crippen molar-refractivity contribution in [1.29, 1.82) is 0 Å². The highest BCUT2D eigenvalue weighted by molar-refractivity contribution is 6.29. The van der Waals surface area contributed by atoms with E-state index in [-0.39, 0.29) is 35.6 Å². The molecule has 0 aromatic carbocycles. The first kappa shape index (κ1) is 16.0. The van der Waals surface area contributed by atoms with Crippen molar-refractivity contribution < 1.29 is 14.4 Å². The van der Waals surface area contributed by atoms with E-state index in [4.69, 9.17) is 16.1 Å². The van der Waals surface area contributed by atoms with Gasteiger partial charge in [0.25, 0.3) is 0 Å². The second-order valence-electron chi connectivity index (χ2n) is 5.91. The molecule has 108 valence electrons. The number of aryl methyl sites for hydroxylation is 1. The van der Waals surface area contributed by atoms with Gasteiger partial charge < -0.3 is 14.9 Å². The molecule has 0 bridgehead atoms. The van der Waals surface area contributed by atoms with Crippen LogP contribution in [0.1, 0.15) is 38.4 Å². The number of halogens is 1. The lowest BCUT2D eigenvalue weighted by Crippen LogP contribution is -2.40. The van der Waals surface area contributed by atoms with Crippen LogP contribution in [0, 0.1) is 12.3 Å². The molecule has 0 aliphatic rings. The summed E-state index contributed by atoms with van der Waals surface area (Å²) in [6, 6.07) is -0.258. The van der Waals surface area contributed by atoms with E-state index in [1.165, 1.54) is 0 Å². The fourth-order valence-electron chi connectivity index (χ4n) is 1.90. The van der Waals surface area contributed by atoms with Gasteiger partial charge in [-0.25, -0.2) is 0 Å². The van der Waals surface area contributed by atoms with Gasteiger partial charge in [0.2, 0.25) is 11.1 Å². The minimum absolute atomic E-state index is 0.0332. The Bertz CT molecular complexity index is 418. The van der Waals surface area contributed by atoms with Gasteiger partial charge >= 0.3 is 0 Å². The molecule has 0 radical (unpaired) electrons. The number of hydrogen-bond donors (Lipinski definition) is 2. The highest BCUT2D eigenvalue weighted by Gasteiger charge is 2.21. The smallest absolute Gasteiger partial charge is 0.229 e. The predicted octanol–water partition coefficient (Wildman–Crippen LogP) is 2.09. The highest BCUT2D eigenvalue weighted by Crippen LogP contribution is 2.22. The maximum atomic E-state index is 11.9. The molecule has 0 spiro atoms. The number of aliphatic hydroxyl groups is 1. The van der Waals surface area contributed by atoms with Crippen molar-refractivity contribution in [2.75, 3.05) is 6.61 Å². The first-order chi connectivity index (χ1) is 8.73. The summed E-state index contributed by atoms with van der Waals surface area (Å²) < 4.78 is 4.79. The van der Waals surface area contributed by atoms with E-state index in [1.807, 2.05) is 0 Å². The van der Waals surface area contributed by atoms with Crippen LogP contribution in [0.25, 0.3) is 0 Å². The molecule has 1 aromatic heterocycles. The third-order valence-electron chi connectivity index (χ3n) is 2.72. The molecule has 19 heavy (non-hydrogen) atoms. The average molecular weight is 289 g/mol. The number of nitrogens with one attached hydrogen (secondary N) is 1. The Morgan fingerprint density at radius 3 is 2.58 bits per heavy atom. The molecule has 0 saturated heterocycles. The van der Waals surface area contributed by atoms with Crippen LogP contribution < -0.4 is 5.32 Å². The summed E-state index contributed by atoms with van der Waals surface area (Å²) in [6.45, 7) is 7.82. The Hall–Kier alpha value is -1.07. The summed E-state index contributed by atoms with van der Waals surface area (Å²) in [5.74, 6) is -0.198. The van der Waals surface area contributed by atoms with Crippen LogP contribution in [-0.2, 0) is 11.2 Å². The van der Waals surface area contributed by atoms with E-state index >= 15 is 0 Å². The molecule has 1 amide bonds. The van der Waals surface area contributed by atoms with Crippen molar-refractivity contribution >= 4 is 17.5 Å². The van der Waals surface area contributed by atoms with Gasteiger partial charge in [0.15, 0.2) is 0 Å². The zero-order valence-corrected chi connectivity index (χ0v) is 12.5. The average Bonchev–Trinajstić information content (AvgIpc) is 2.58. The third-order valence-corrected chi connectivity index (χ3v) is 3.02. The van der Waals surface area contributed by atoms with Gasteiger partial charge in [-0.05, 0) is 30.4 Å². The molecule has 1 atom stereocenters. The van der Waals surface area contributed by atoms with Crippen LogP contribution >= 0.6 is 11.6 Å². The molecular formula is C13H21ClN2O3. The molecule has 0 aliphatic carbocycles. The standard InChI is InChI=1S/C13H21ClN2O3/c1-8-10(12(14)19-16-8)5-11(18)15-9(7-17)6-13(2,3)4/h9,17H,5-7H2,1-4H3,(H,15,18). The number of hydrogen-bond acceptors (Lipinski definition) is 4. The van der Waals surface area contributed by atoms with Crippen molar-refractivity contribution in [1.82, 2.24) is 10.5 Å². The Morgan fingerprint density at radius 1 is 1.53 bits per heavy atom. The first-order valence-electron chi connectivity index (χ1n) is 6.24. The number of rotatable bonds is 5. The van der Waals surface area contributed by atoms with Crippen molar-refractivity contribution in [2.45, 2.75) is 46.6 Å². The van der Waals surface area contributed by atoms with Crippen LogP contribution in [0.15, 0.2) is 4.52 Å². The van der Waals surface area contributed by atoms with Crippen LogP contribution in [-0.4, -0.2) is 28.8 Å². The summed E-state index contributed by atoms with van der Waals surface area (Å²) in [4.78, 5) is 11.9. The molecule has 5 nitrogen and oxygen atoms in total. The van der Waals surface area contributed by atoms with Gasteiger partial charge in [0.1, 0.15) is 0 Å². The second-order valence-corrected chi connectivity index (χ2v) is 6.25. The first-order valence-corrected chi connectivity index (χ1v) is 6.61. The molecule has 0 fully saturated rings. The van der Waals surface area contributed by atoms with Crippen LogP contribution in [0.4, 0.5) is 0 Å². The van der Waals surface area contributed by atoms with Crippen molar-refractivity contribution in [3.8, 4) is 0 Å². The number of aliphatic hydroxyl groups excluding tert-OH is 1. The van der Waals surface area contributed by atoms with E-state index in [2.05, 4.69) is 31.2 Å². The topological polar surface area (TPSA) is 75.4 Å². The minimum Gasteiger partial charge on any atom is -0.394 e. The number of nitrogens with zero attached hydrogens (tertiary/aromatic N) is 1.